The Balaban J connectivity index is 1.98. The third-order valence-corrected chi connectivity index (χ3v) is 2.57. The molecule has 0 aliphatic heterocycles. The molecule has 9 heteroatoms. The molecular weight excluding hydrogens is 323 g/mol. The molecule has 0 radical (unpaired) electrons. The number of aromatic nitrogens is 2. The molecule has 0 spiro atoms. The Morgan fingerprint density at radius 3 is 2.64 bits per heavy atom. The molecule has 116 valence electrons. The normalized spacial score (nSPS) is 11.1. The number of nitrogens with zero attached hydrogens (tertiary/aromatic N) is 2. The van der Waals surface area contributed by atoms with Crippen molar-refractivity contribution in [3.05, 3.63) is 47.4 Å². The van der Waals surface area contributed by atoms with Gasteiger partial charge in [-0.05, 0) is 18.2 Å². The Hall–Kier alpha value is -2.35. The van der Waals surface area contributed by atoms with Gasteiger partial charge in [-0.1, -0.05) is 11.6 Å². The fourth-order valence-electron chi connectivity index (χ4n) is 1.42. The van der Waals surface area contributed by atoms with Crippen LogP contribution in [0.2, 0.25) is 5.02 Å². The third-order valence-electron chi connectivity index (χ3n) is 2.33. The molecule has 2 aromatic rings. The molecule has 0 bridgehead atoms. The van der Waals surface area contributed by atoms with Gasteiger partial charge in [0.25, 0.3) is 5.91 Å². The second kappa shape index (κ2) is 6.61. The number of nitrogens with one attached hydrogen (secondary N) is 1. The van der Waals surface area contributed by atoms with Crippen LogP contribution in [0, 0.1) is 0 Å². The Bertz CT molecular complexity index is 662. The maximum absolute atomic E-state index is 12.0. The van der Waals surface area contributed by atoms with Crippen LogP contribution < -0.4 is 10.1 Å². The second-order valence-corrected chi connectivity index (χ2v) is 4.54. The van der Waals surface area contributed by atoms with Crippen molar-refractivity contribution >= 4 is 23.2 Å². The molecule has 0 unspecified atom stereocenters. The van der Waals surface area contributed by atoms with Gasteiger partial charge >= 0.3 is 6.18 Å². The minimum Gasteiger partial charge on any atom is -0.468 e. The summed E-state index contributed by atoms with van der Waals surface area (Å²) in [4.78, 5) is 19.4. The summed E-state index contributed by atoms with van der Waals surface area (Å²) in [5.74, 6) is -0.718. The van der Waals surface area contributed by atoms with E-state index >= 15 is 0 Å². The van der Waals surface area contributed by atoms with Crippen molar-refractivity contribution in [2.45, 2.75) is 6.18 Å². The summed E-state index contributed by atoms with van der Waals surface area (Å²) in [6, 6.07) is 5.48. The summed E-state index contributed by atoms with van der Waals surface area (Å²) in [7, 11) is 0. The predicted molar refractivity (Wildman–Crippen MR) is 73.0 cm³/mol. The van der Waals surface area contributed by atoms with Gasteiger partial charge in [0.1, 0.15) is 5.69 Å². The van der Waals surface area contributed by atoms with E-state index in [4.69, 9.17) is 11.6 Å². The summed E-state index contributed by atoms with van der Waals surface area (Å²) in [5, 5.41) is 2.84. The van der Waals surface area contributed by atoms with Crippen molar-refractivity contribution in [2.75, 3.05) is 11.9 Å². The van der Waals surface area contributed by atoms with E-state index in [2.05, 4.69) is 20.0 Å². The lowest BCUT2D eigenvalue weighted by atomic mass is 10.3. The molecule has 0 fully saturated rings. The third kappa shape index (κ3) is 4.88. The molecule has 0 atom stereocenters. The van der Waals surface area contributed by atoms with Crippen molar-refractivity contribution < 1.29 is 22.7 Å². The zero-order chi connectivity index (χ0) is 16.2. The summed E-state index contributed by atoms with van der Waals surface area (Å²) in [6.07, 6.45) is -1.88. The van der Waals surface area contributed by atoms with E-state index in [1.807, 2.05) is 0 Å². The van der Waals surface area contributed by atoms with Gasteiger partial charge in [-0.25, -0.2) is 4.98 Å². The number of anilines is 1. The van der Waals surface area contributed by atoms with Crippen molar-refractivity contribution in [1.82, 2.24) is 9.97 Å². The Morgan fingerprint density at radius 2 is 2.05 bits per heavy atom. The molecule has 0 saturated carbocycles. The molecule has 1 amide bonds. The highest BCUT2D eigenvalue weighted by Crippen LogP contribution is 2.18. The second-order valence-electron chi connectivity index (χ2n) is 4.10. The van der Waals surface area contributed by atoms with Crippen LogP contribution in [-0.2, 0) is 0 Å². The standard InChI is InChI=1S/C13H9ClF3N3O2/c14-8-3-4-18-10(5-8)12(21)20-9-1-2-11(19-6-9)22-7-13(15,16)17/h1-6H,7H2,(H,20,21). The largest absolute Gasteiger partial charge is 0.468 e. The first kappa shape index (κ1) is 16.0. The Kier molecular flexibility index (Phi) is 4.81. The van der Waals surface area contributed by atoms with Crippen molar-refractivity contribution in [1.29, 1.82) is 0 Å². The maximum atomic E-state index is 12.0. The predicted octanol–water partition coefficient (Wildman–Crippen LogP) is 3.32. The van der Waals surface area contributed by atoms with Crippen molar-refractivity contribution in [3.63, 3.8) is 0 Å². The number of rotatable bonds is 4. The summed E-state index contributed by atoms with van der Waals surface area (Å²) >= 11 is 5.74. The van der Waals surface area contributed by atoms with Crippen LogP contribution in [0.5, 0.6) is 5.88 Å². The lowest BCUT2D eigenvalue weighted by molar-refractivity contribution is -0.154. The molecule has 0 aliphatic rings. The number of halogens is 4. The molecule has 2 aromatic heterocycles. The van der Waals surface area contributed by atoms with E-state index in [1.54, 1.807) is 0 Å². The fourth-order valence-corrected chi connectivity index (χ4v) is 1.58. The molecule has 1 N–H and O–H groups in total. The van der Waals surface area contributed by atoms with Gasteiger partial charge in [0.2, 0.25) is 5.88 Å². The molecule has 2 heterocycles. The van der Waals surface area contributed by atoms with Crippen LogP contribution in [0.15, 0.2) is 36.7 Å². The van der Waals surface area contributed by atoms with E-state index in [0.717, 1.165) is 0 Å². The highest BCUT2D eigenvalue weighted by Gasteiger charge is 2.28. The van der Waals surface area contributed by atoms with E-state index < -0.39 is 18.7 Å². The lowest BCUT2D eigenvalue weighted by Crippen LogP contribution is -2.19. The first-order chi connectivity index (χ1) is 10.3. The van der Waals surface area contributed by atoms with Gasteiger partial charge in [-0.15, -0.1) is 0 Å². The van der Waals surface area contributed by atoms with Gasteiger partial charge in [0, 0.05) is 17.3 Å². The average Bonchev–Trinajstić information content (AvgIpc) is 2.46. The number of hydrogen-bond donors (Lipinski definition) is 1. The molecule has 22 heavy (non-hydrogen) atoms. The molecule has 0 aromatic carbocycles. The minimum atomic E-state index is -4.44. The first-order valence-electron chi connectivity index (χ1n) is 5.92. The van der Waals surface area contributed by atoms with Crippen molar-refractivity contribution in [2.24, 2.45) is 0 Å². The number of carbonyl (C=O) groups excluding carboxylic acids is 1. The molecule has 5 nitrogen and oxygen atoms in total. The van der Waals surface area contributed by atoms with Crippen LogP contribution in [-0.4, -0.2) is 28.7 Å². The number of alkyl halides is 3. The van der Waals surface area contributed by atoms with Gasteiger partial charge in [-0.2, -0.15) is 13.2 Å². The number of pyridine rings is 2. The summed E-state index contributed by atoms with van der Waals surface area (Å²) < 4.78 is 40.4. The molecule has 2 rings (SSSR count). The van der Waals surface area contributed by atoms with Crippen LogP contribution in [0.3, 0.4) is 0 Å². The number of carbonyl (C=O) groups is 1. The average molecular weight is 332 g/mol. The highest BCUT2D eigenvalue weighted by molar-refractivity contribution is 6.30. The number of hydrogen-bond acceptors (Lipinski definition) is 4. The van der Waals surface area contributed by atoms with Crippen LogP contribution in [0.1, 0.15) is 10.5 Å². The lowest BCUT2D eigenvalue weighted by Gasteiger charge is -2.09. The molecule has 0 saturated heterocycles. The molecular formula is C13H9ClF3N3O2. The maximum Gasteiger partial charge on any atom is 0.422 e. The number of amides is 1. The Labute approximate surface area is 128 Å². The monoisotopic (exact) mass is 331 g/mol. The summed E-state index contributed by atoms with van der Waals surface area (Å²) in [5.41, 5.74) is 0.385. The summed E-state index contributed by atoms with van der Waals surface area (Å²) in [6.45, 7) is -1.43. The van der Waals surface area contributed by atoms with E-state index in [1.165, 1.54) is 36.7 Å². The van der Waals surface area contributed by atoms with Gasteiger partial charge in [0.05, 0.1) is 11.9 Å². The van der Waals surface area contributed by atoms with E-state index in [0.29, 0.717) is 5.02 Å². The SMILES string of the molecule is O=C(Nc1ccc(OCC(F)(F)F)nc1)c1cc(Cl)ccn1. The van der Waals surface area contributed by atoms with E-state index in [-0.39, 0.29) is 17.3 Å². The van der Waals surface area contributed by atoms with Crippen LogP contribution >= 0.6 is 11.6 Å². The zero-order valence-corrected chi connectivity index (χ0v) is 11.6. The van der Waals surface area contributed by atoms with Crippen molar-refractivity contribution in [3.8, 4) is 5.88 Å². The zero-order valence-electron chi connectivity index (χ0n) is 10.9. The minimum absolute atomic E-state index is 0.102. The first-order valence-corrected chi connectivity index (χ1v) is 6.30. The smallest absolute Gasteiger partial charge is 0.422 e. The Morgan fingerprint density at radius 1 is 1.27 bits per heavy atom. The van der Waals surface area contributed by atoms with Gasteiger partial charge < -0.3 is 10.1 Å². The molecule has 0 aliphatic carbocycles. The van der Waals surface area contributed by atoms with Crippen LogP contribution in [0.4, 0.5) is 18.9 Å². The quantitative estimate of drug-likeness (QED) is 0.933. The van der Waals surface area contributed by atoms with Gasteiger partial charge in [0.15, 0.2) is 6.61 Å². The fraction of sp³-hybridized carbons (Fsp3) is 0.154. The topological polar surface area (TPSA) is 64.1 Å². The number of ether oxygens (including phenoxy) is 1. The van der Waals surface area contributed by atoms with Crippen LogP contribution in [0.25, 0.3) is 0 Å². The highest BCUT2D eigenvalue weighted by atomic mass is 35.5. The van der Waals surface area contributed by atoms with Gasteiger partial charge in [-0.3, -0.25) is 9.78 Å². The van der Waals surface area contributed by atoms with E-state index in [9.17, 15) is 18.0 Å².